The van der Waals surface area contributed by atoms with Crippen LogP contribution in [-0.4, -0.2) is 35.8 Å². The van der Waals surface area contributed by atoms with Gasteiger partial charge >= 0.3 is 0 Å². The van der Waals surface area contributed by atoms with E-state index in [9.17, 15) is 5.26 Å². The quantitative estimate of drug-likeness (QED) is 0.722. The molecular formula is C14H26N2OS. The van der Waals surface area contributed by atoms with Gasteiger partial charge in [0.2, 0.25) is 0 Å². The number of nitrogens with one attached hydrogen (secondary N) is 1. The van der Waals surface area contributed by atoms with Gasteiger partial charge in [-0.1, -0.05) is 0 Å². The molecule has 1 heterocycles. The smallest absolute Gasteiger partial charge is 0.104 e. The largest absolute Gasteiger partial charge is 0.381 e. The van der Waals surface area contributed by atoms with Gasteiger partial charge < -0.3 is 4.74 Å². The van der Waals surface area contributed by atoms with E-state index in [1.54, 1.807) is 0 Å². The predicted molar refractivity (Wildman–Crippen MR) is 77.8 cm³/mol. The summed E-state index contributed by atoms with van der Waals surface area (Å²) in [6, 6.07) is 2.77. The minimum Gasteiger partial charge on any atom is -0.381 e. The van der Waals surface area contributed by atoms with Gasteiger partial charge in [-0.15, -0.1) is 0 Å². The number of nitrogens with zero attached hydrogens (tertiary/aromatic N) is 1. The summed E-state index contributed by atoms with van der Waals surface area (Å²) in [5, 5.41) is 13.4. The van der Waals surface area contributed by atoms with E-state index in [4.69, 9.17) is 4.74 Å². The first kappa shape index (κ1) is 15.8. The molecule has 0 amide bonds. The fourth-order valence-electron chi connectivity index (χ4n) is 2.32. The van der Waals surface area contributed by atoms with Crippen LogP contribution < -0.4 is 5.32 Å². The van der Waals surface area contributed by atoms with E-state index in [1.807, 2.05) is 6.92 Å². The fraction of sp³-hybridized carbons (Fsp3) is 0.929. The van der Waals surface area contributed by atoms with Crippen LogP contribution in [0.4, 0.5) is 0 Å². The third kappa shape index (κ3) is 6.08. The molecule has 1 fully saturated rings. The normalized spacial score (nSPS) is 20.6. The molecule has 1 atom stereocenters. The Hall–Kier alpha value is -0.240. The lowest BCUT2D eigenvalue weighted by molar-refractivity contribution is 0.1000. The van der Waals surface area contributed by atoms with Crippen molar-refractivity contribution in [2.24, 2.45) is 0 Å². The molecule has 1 N–H and O–H groups in total. The molecule has 3 nitrogen and oxygen atoms in total. The van der Waals surface area contributed by atoms with Gasteiger partial charge in [-0.2, -0.15) is 17.0 Å². The van der Waals surface area contributed by atoms with Gasteiger partial charge in [-0.25, -0.2) is 0 Å². The fourth-order valence-corrected chi connectivity index (χ4v) is 3.49. The summed E-state index contributed by atoms with van der Waals surface area (Å²) in [6.45, 7) is 8.02. The molecule has 18 heavy (non-hydrogen) atoms. The van der Waals surface area contributed by atoms with E-state index >= 15 is 0 Å². The third-order valence-corrected chi connectivity index (χ3v) is 4.66. The third-order valence-electron chi connectivity index (χ3n) is 3.20. The van der Waals surface area contributed by atoms with Crippen molar-refractivity contribution >= 4 is 11.8 Å². The highest BCUT2D eigenvalue weighted by molar-refractivity contribution is 7.99. The topological polar surface area (TPSA) is 45.0 Å². The molecule has 1 aliphatic heterocycles. The predicted octanol–water partition coefficient (Wildman–Crippen LogP) is 2.96. The lowest BCUT2D eigenvalue weighted by atomic mass is 9.97. The van der Waals surface area contributed by atoms with E-state index in [-0.39, 0.29) is 5.54 Å². The maximum Gasteiger partial charge on any atom is 0.104 e. The molecule has 0 aliphatic carbocycles. The van der Waals surface area contributed by atoms with Crippen molar-refractivity contribution in [1.82, 2.24) is 5.32 Å². The second-order valence-electron chi connectivity index (χ2n) is 5.53. The highest BCUT2D eigenvalue weighted by Gasteiger charge is 2.23. The molecule has 0 saturated carbocycles. The molecule has 1 aliphatic rings. The van der Waals surface area contributed by atoms with Gasteiger partial charge in [0.1, 0.15) is 5.54 Å². The van der Waals surface area contributed by atoms with Crippen molar-refractivity contribution in [3.63, 3.8) is 0 Å². The van der Waals surface area contributed by atoms with Crippen LogP contribution in [-0.2, 0) is 4.74 Å². The van der Waals surface area contributed by atoms with Crippen molar-refractivity contribution in [2.75, 3.05) is 19.0 Å². The Kier molecular flexibility index (Phi) is 7.06. The van der Waals surface area contributed by atoms with Gasteiger partial charge in [0.05, 0.1) is 6.07 Å². The molecule has 0 spiro atoms. The van der Waals surface area contributed by atoms with E-state index in [0.717, 1.165) is 37.1 Å². The van der Waals surface area contributed by atoms with Crippen LogP contribution in [0.3, 0.4) is 0 Å². The van der Waals surface area contributed by atoms with Crippen molar-refractivity contribution in [2.45, 2.75) is 63.3 Å². The SMILES string of the molecule is CC(C)NC(C)(C#N)CCCSC1CCOCC1. The minimum atomic E-state index is -0.371. The van der Waals surface area contributed by atoms with Crippen molar-refractivity contribution in [3.8, 4) is 6.07 Å². The van der Waals surface area contributed by atoms with Gasteiger partial charge in [0, 0.05) is 24.5 Å². The van der Waals surface area contributed by atoms with Crippen molar-refractivity contribution in [3.05, 3.63) is 0 Å². The average molecular weight is 270 g/mol. The van der Waals surface area contributed by atoms with Gasteiger partial charge in [-0.3, -0.25) is 5.32 Å². The van der Waals surface area contributed by atoms with Crippen LogP contribution in [0.2, 0.25) is 0 Å². The maximum atomic E-state index is 9.25. The monoisotopic (exact) mass is 270 g/mol. The minimum absolute atomic E-state index is 0.359. The molecule has 4 heteroatoms. The van der Waals surface area contributed by atoms with E-state index < -0.39 is 0 Å². The van der Waals surface area contributed by atoms with Crippen LogP contribution in [0, 0.1) is 11.3 Å². The van der Waals surface area contributed by atoms with Crippen LogP contribution in [0.1, 0.15) is 46.5 Å². The first-order chi connectivity index (χ1) is 8.56. The summed E-state index contributed by atoms with van der Waals surface area (Å²) >= 11 is 2.05. The standard InChI is InChI=1S/C14H26N2OS/c1-12(2)16-14(3,11-15)7-4-10-18-13-5-8-17-9-6-13/h12-13,16H,4-10H2,1-3H3. The van der Waals surface area contributed by atoms with Gasteiger partial charge in [0.25, 0.3) is 0 Å². The Labute approximate surface area is 116 Å². The first-order valence-electron chi connectivity index (χ1n) is 6.94. The number of hydrogen-bond donors (Lipinski definition) is 1. The number of rotatable bonds is 7. The molecule has 0 bridgehead atoms. The molecule has 1 saturated heterocycles. The van der Waals surface area contributed by atoms with Gasteiger partial charge in [0.15, 0.2) is 0 Å². The number of hydrogen-bond acceptors (Lipinski definition) is 4. The van der Waals surface area contributed by atoms with Crippen LogP contribution in [0.25, 0.3) is 0 Å². The molecule has 0 radical (unpaired) electrons. The van der Waals surface area contributed by atoms with E-state index in [2.05, 4.69) is 37.0 Å². The number of thioether (sulfide) groups is 1. The lowest BCUT2D eigenvalue weighted by Gasteiger charge is -2.26. The summed E-state index contributed by atoms with van der Waals surface area (Å²) in [7, 11) is 0. The highest BCUT2D eigenvalue weighted by Crippen LogP contribution is 2.24. The van der Waals surface area contributed by atoms with Gasteiger partial charge in [-0.05, 0) is 52.2 Å². The lowest BCUT2D eigenvalue weighted by Crippen LogP contribution is -2.45. The molecule has 0 aromatic heterocycles. The summed E-state index contributed by atoms with van der Waals surface area (Å²) in [4.78, 5) is 0. The zero-order chi connectivity index (χ0) is 13.4. The Morgan fingerprint density at radius 2 is 2.11 bits per heavy atom. The number of ether oxygens (including phenoxy) is 1. The average Bonchev–Trinajstić information content (AvgIpc) is 2.35. The Balaban J connectivity index is 2.17. The Morgan fingerprint density at radius 1 is 1.44 bits per heavy atom. The summed E-state index contributed by atoms with van der Waals surface area (Å²) < 4.78 is 5.36. The zero-order valence-electron chi connectivity index (χ0n) is 11.9. The molecule has 1 rings (SSSR count). The van der Waals surface area contributed by atoms with E-state index in [1.165, 1.54) is 12.8 Å². The summed E-state index contributed by atoms with van der Waals surface area (Å²) in [6.07, 6.45) is 4.40. The number of nitriles is 1. The first-order valence-corrected chi connectivity index (χ1v) is 7.99. The maximum absolute atomic E-state index is 9.25. The molecule has 0 aromatic carbocycles. The van der Waals surface area contributed by atoms with Crippen LogP contribution in [0.15, 0.2) is 0 Å². The van der Waals surface area contributed by atoms with Crippen LogP contribution in [0.5, 0.6) is 0 Å². The second kappa shape index (κ2) is 8.04. The second-order valence-corrected chi connectivity index (χ2v) is 6.94. The Morgan fingerprint density at radius 3 is 2.67 bits per heavy atom. The molecule has 1 unspecified atom stereocenters. The van der Waals surface area contributed by atoms with Crippen molar-refractivity contribution in [1.29, 1.82) is 5.26 Å². The van der Waals surface area contributed by atoms with Crippen molar-refractivity contribution < 1.29 is 4.74 Å². The molecule has 0 aromatic rings. The van der Waals surface area contributed by atoms with Crippen LogP contribution >= 0.6 is 11.8 Å². The molecule has 104 valence electrons. The summed E-state index contributed by atoms with van der Waals surface area (Å²) in [5.74, 6) is 1.15. The highest BCUT2D eigenvalue weighted by atomic mass is 32.2. The Bertz CT molecular complexity index is 271. The zero-order valence-corrected chi connectivity index (χ0v) is 12.7. The van der Waals surface area contributed by atoms with E-state index in [0.29, 0.717) is 6.04 Å². The summed E-state index contributed by atoms with van der Waals surface area (Å²) in [5.41, 5.74) is -0.371. The molecular weight excluding hydrogens is 244 g/mol.